The van der Waals surface area contributed by atoms with Crippen LogP contribution in [-0.4, -0.2) is 24.3 Å². The highest BCUT2D eigenvalue weighted by Gasteiger charge is 2.28. The SMILES string of the molecule is C[C]1CCCCN1C1CCCCO1. The average Bonchev–Trinajstić information content (AvgIpc) is 2.20. The van der Waals surface area contributed by atoms with Crippen LogP contribution in [-0.2, 0) is 4.74 Å². The van der Waals surface area contributed by atoms with Crippen LogP contribution in [0.25, 0.3) is 0 Å². The Kier molecular flexibility index (Phi) is 3.23. The van der Waals surface area contributed by atoms with Gasteiger partial charge in [-0.3, -0.25) is 4.90 Å². The van der Waals surface area contributed by atoms with Gasteiger partial charge >= 0.3 is 0 Å². The monoisotopic (exact) mass is 182 g/mol. The van der Waals surface area contributed by atoms with Crippen LogP contribution < -0.4 is 0 Å². The molecule has 0 aromatic heterocycles. The van der Waals surface area contributed by atoms with Gasteiger partial charge in [0.05, 0.1) is 0 Å². The fraction of sp³-hybridized carbons (Fsp3) is 0.909. The smallest absolute Gasteiger partial charge is 0.111 e. The third-order valence-corrected chi connectivity index (χ3v) is 3.18. The van der Waals surface area contributed by atoms with Crippen molar-refractivity contribution < 1.29 is 4.74 Å². The van der Waals surface area contributed by atoms with Gasteiger partial charge in [0.2, 0.25) is 0 Å². The maximum absolute atomic E-state index is 5.79. The summed E-state index contributed by atoms with van der Waals surface area (Å²) in [5, 5.41) is 0. The molecule has 2 saturated heterocycles. The molecule has 0 aromatic carbocycles. The lowest BCUT2D eigenvalue weighted by Gasteiger charge is -2.40. The Labute approximate surface area is 81.3 Å². The highest BCUT2D eigenvalue weighted by atomic mass is 16.5. The van der Waals surface area contributed by atoms with E-state index in [1.165, 1.54) is 51.1 Å². The van der Waals surface area contributed by atoms with Crippen molar-refractivity contribution in [3.8, 4) is 0 Å². The van der Waals surface area contributed by atoms with Crippen LogP contribution >= 0.6 is 0 Å². The second-order valence-corrected chi connectivity index (χ2v) is 4.21. The number of rotatable bonds is 1. The molecule has 1 radical (unpaired) electrons. The van der Waals surface area contributed by atoms with E-state index in [-0.39, 0.29) is 0 Å². The van der Waals surface area contributed by atoms with E-state index in [1.54, 1.807) is 0 Å². The van der Waals surface area contributed by atoms with Crippen molar-refractivity contribution in [2.75, 3.05) is 13.2 Å². The molecule has 2 aliphatic heterocycles. The van der Waals surface area contributed by atoms with Gasteiger partial charge in [0.25, 0.3) is 0 Å². The number of hydrogen-bond donors (Lipinski definition) is 0. The molecule has 0 amide bonds. The third kappa shape index (κ3) is 2.23. The van der Waals surface area contributed by atoms with E-state index in [4.69, 9.17) is 4.74 Å². The fourth-order valence-corrected chi connectivity index (χ4v) is 2.36. The number of nitrogens with zero attached hydrogens (tertiary/aromatic N) is 1. The normalized spacial score (nSPS) is 33.5. The van der Waals surface area contributed by atoms with E-state index in [0.29, 0.717) is 6.23 Å². The predicted molar refractivity (Wildman–Crippen MR) is 53.1 cm³/mol. The minimum Gasteiger partial charge on any atom is -0.363 e. The van der Waals surface area contributed by atoms with Gasteiger partial charge in [-0.2, -0.15) is 0 Å². The maximum atomic E-state index is 5.79. The van der Waals surface area contributed by atoms with Gasteiger partial charge in [0.1, 0.15) is 6.23 Å². The molecule has 2 heteroatoms. The van der Waals surface area contributed by atoms with Crippen LogP contribution in [0.2, 0.25) is 0 Å². The van der Waals surface area contributed by atoms with E-state index in [9.17, 15) is 0 Å². The standard InChI is InChI=1S/C11H20NO/c1-10-6-2-4-8-12(10)11-7-3-5-9-13-11/h11H,2-9H2,1H3. The topological polar surface area (TPSA) is 12.5 Å². The van der Waals surface area contributed by atoms with Crippen LogP contribution in [0.1, 0.15) is 45.4 Å². The van der Waals surface area contributed by atoms with E-state index < -0.39 is 0 Å². The third-order valence-electron chi connectivity index (χ3n) is 3.18. The molecule has 0 bridgehead atoms. The molecule has 75 valence electrons. The van der Waals surface area contributed by atoms with Gasteiger partial charge in [-0.1, -0.05) is 6.42 Å². The number of piperidine rings is 1. The molecule has 2 rings (SSSR count). The quantitative estimate of drug-likeness (QED) is 0.618. The molecule has 2 aliphatic rings. The molecule has 0 spiro atoms. The summed E-state index contributed by atoms with van der Waals surface area (Å²) in [4.78, 5) is 2.49. The van der Waals surface area contributed by atoms with Crippen LogP contribution in [0.4, 0.5) is 0 Å². The molecule has 0 aromatic rings. The molecule has 0 N–H and O–H groups in total. The molecule has 0 aliphatic carbocycles. The fourth-order valence-electron chi connectivity index (χ4n) is 2.36. The van der Waals surface area contributed by atoms with Gasteiger partial charge < -0.3 is 4.74 Å². The van der Waals surface area contributed by atoms with Crippen LogP contribution in [0.3, 0.4) is 0 Å². The van der Waals surface area contributed by atoms with Crippen molar-refractivity contribution in [3.05, 3.63) is 6.04 Å². The summed E-state index contributed by atoms with van der Waals surface area (Å²) in [6.07, 6.45) is 8.23. The summed E-state index contributed by atoms with van der Waals surface area (Å²) in [7, 11) is 0. The van der Waals surface area contributed by atoms with Crippen molar-refractivity contribution >= 4 is 0 Å². The van der Waals surface area contributed by atoms with E-state index in [1.807, 2.05) is 0 Å². The summed E-state index contributed by atoms with van der Waals surface area (Å²) < 4.78 is 5.79. The Morgan fingerprint density at radius 3 is 2.85 bits per heavy atom. The Balaban J connectivity index is 1.88. The summed E-state index contributed by atoms with van der Waals surface area (Å²) >= 11 is 0. The molecular weight excluding hydrogens is 162 g/mol. The zero-order chi connectivity index (χ0) is 9.10. The molecule has 13 heavy (non-hydrogen) atoms. The van der Waals surface area contributed by atoms with E-state index >= 15 is 0 Å². The first kappa shape index (κ1) is 9.47. The summed E-state index contributed by atoms with van der Waals surface area (Å²) in [6.45, 7) is 4.45. The predicted octanol–water partition coefficient (Wildman–Crippen LogP) is 2.55. The molecular formula is C11H20NO. The first-order valence-electron chi connectivity index (χ1n) is 5.58. The number of likely N-dealkylation sites (tertiary alicyclic amines) is 1. The minimum atomic E-state index is 0.411. The van der Waals surface area contributed by atoms with Crippen molar-refractivity contribution in [1.29, 1.82) is 0 Å². The first-order chi connectivity index (χ1) is 6.38. The Bertz CT molecular complexity index is 154. The average molecular weight is 182 g/mol. The molecule has 2 nitrogen and oxygen atoms in total. The second-order valence-electron chi connectivity index (χ2n) is 4.21. The van der Waals surface area contributed by atoms with Gasteiger partial charge in [0.15, 0.2) is 0 Å². The van der Waals surface area contributed by atoms with Crippen LogP contribution in [0.15, 0.2) is 0 Å². The number of ether oxygens (including phenoxy) is 1. The molecule has 1 unspecified atom stereocenters. The van der Waals surface area contributed by atoms with Gasteiger partial charge in [0, 0.05) is 19.2 Å². The van der Waals surface area contributed by atoms with Crippen molar-refractivity contribution in [2.45, 2.75) is 51.7 Å². The van der Waals surface area contributed by atoms with Crippen molar-refractivity contribution in [3.63, 3.8) is 0 Å². The molecule has 2 heterocycles. The Morgan fingerprint density at radius 1 is 1.23 bits per heavy atom. The Hall–Kier alpha value is -0.0800. The summed E-state index contributed by atoms with van der Waals surface area (Å²) in [6, 6.07) is 1.54. The summed E-state index contributed by atoms with van der Waals surface area (Å²) in [5.74, 6) is 0. The van der Waals surface area contributed by atoms with E-state index in [2.05, 4.69) is 11.8 Å². The highest BCUT2D eigenvalue weighted by molar-refractivity contribution is 4.90. The highest BCUT2D eigenvalue weighted by Crippen LogP contribution is 2.28. The lowest BCUT2D eigenvalue weighted by Crippen LogP contribution is -2.43. The molecule has 0 saturated carbocycles. The first-order valence-corrected chi connectivity index (χ1v) is 5.58. The van der Waals surface area contributed by atoms with Crippen LogP contribution in [0.5, 0.6) is 0 Å². The van der Waals surface area contributed by atoms with Crippen LogP contribution in [0, 0.1) is 6.04 Å². The lowest BCUT2D eigenvalue weighted by atomic mass is 10.0. The molecule has 2 fully saturated rings. The van der Waals surface area contributed by atoms with Gasteiger partial charge in [-0.05, 0) is 39.0 Å². The zero-order valence-corrected chi connectivity index (χ0v) is 8.59. The lowest BCUT2D eigenvalue weighted by molar-refractivity contribution is -0.0883. The van der Waals surface area contributed by atoms with E-state index in [0.717, 1.165) is 6.61 Å². The Morgan fingerprint density at radius 2 is 2.15 bits per heavy atom. The van der Waals surface area contributed by atoms with Gasteiger partial charge in [-0.15, -0.1) is 0 Å². The minimum absolute atomic E-state index is 0.411. The zero-order valence-electron chi connectivity index (χ0n) is 8.59. The summed E-state index contributed by atoms with van der Waals surface area (Å²) in [5.41, 5.74) is 0. The number of hydrogen-bond acceptors (Lipinski definition) is 2. The largest absolute Gasteiger partial charge is 0.363 e. The second kappa shape index (κ2) is 4.43. The van der Waals surface area contributed by atoms with Crippen molar-refractivity contribution in [2.24, 2.45) is 0 Å². The maximum Gasteiger partial charge on any atom is 0.111 e. The van der Waals surface area contributed by atoms with Crippen molar-refractivity contribution in [1.82, 2.24) is 4.90 Å². The van der Waals surface area contributed by atoms with Gasteiger partial charge in [-0.25, -0.2) is 0 Å². The molecule has 1 atom stereocenters.